The standard InChI is InChI=1S/C12H17FN2O/c1-8(9(2)14)12(16)15-7-10-5-3-4-6-11(10)13/h3-6,8-9H,7,14H2,1-2H3,(H,15,16). The van der Waals surface area contributed by atoms with E-state index in [-0.39, 0.29) is 30.2 Å². The van der Waals surface area contributed by atoms with Gasteiger partial charge in [-0.2, -0.15) is 0 Å². The highest BCUT2D eigenvalue weighted by molar-refractivity contribution is 5.78. The van der Waals surface area contributed by atoms with Crippen LogP contribution in [-0.2, 0) is 11.3 Å². The normalized spacial score (nSPS) is 14.2. The van der Waals surface area contributed by atoms with Gasteiger partial charge in [0.1, 0.15) is 5.82 Å². The van der Waals surface area contributed by atoms with Crippen LogP contribution in [-0.4, -0.2) is 11.9 Å². The van der Waals surface area contributed by atoms with Gasteiger partial charge in [0.15, 0.2) is 0 Å². The highest BCUT2D eigenvalue weighted by atomic mass is 19.1. The van der Waals surface area contributed by atoms with Gasteiger partial charge in [-0.1, -0.05) is 25.1 Å². The van der Waals surface area contributed by atoms with E-state index in [4.69, 9.17) is 5.73 Å². The molecule has 0 aromatic heterocycles. The Kier molecular flexibility index (Phi) is 4.43. The molecular weight excluding hydrogens is 207 g/mol. The lowest BCUT2D eigenvalue weighted by Crippen LogP contribution is -2.38. The van der Waals surface area contributed by atoms with Gasteiger partial charge in [-0.05, 0) is 13.0 Å². The van der Waals surface area contributed by atoms with Crippen molar-refractivity contribution in [1.29, 1.82) is 0 Å². The largest absolute Gasteiger partial charge is 0.352 e. The molecule has 2 unspecified atom stereocenters. The minimum atomic E-state index is -0.309. The zero-order valence-corrected chi connectivity index (χ0v) is 9.53. The fourth-order valence-corrected chi connectivity index (χ4v) is 1.22. The first-order valence-electron chi connectivity index (χ1n) is 5.29. The van der Waals surface area contributed by atoms with Crippen LogP contribution in [0.15, 0.2) is 24.3 Å². The molecule has 2 atom stereocenters. The monoisotopic (exact) mass is 224 g/mol. The van der Waals surface area contributed by atoms with E-state index in [2.05, 4.69) is 5.32 Å². The lowest BCUT2D eigenvalue weighted by atomic mass is 10.0. The number of halogens is 1. The summed E-state index contributed by atoms with van der Waals surface area (Å²) in [6.45, 7) is 3.72. The van der Waals surface area contributed by atoms with Crippen LogP contribution in [0, 0.1) is 11.7 Å². The van der Waals surface area contributed by atoms with Gasteiger partial charge in [-0.3, -0.25) is 4.79 Å². The van der Waals surface area contributed by atoms with E-state index in [1.54, 1.807) is 32.0 Å². The van der Waals surface area contributed by atoms with E-state index >= 15 is 0 Å². The zero-order valence-electron chi connectivity index (χ0n) is 9.53. The molecule has 1 aromatic carbocycles. The number of amides is 1. The van der Waals surface area contributed by atoms with E-state index in [1.165, 1.54) is 6.07 Å². The van der Waals surface area contributed by atoms with Crippen molar-refractivity contribution in [3.8, 4) is 0 Å². The highest BCUT2D eigenvalue weighted by Crippen LogP contribution is 2.06. The number of benzene rings is 1. The summed E-state index contributed by atoms with van der Waals surface area (Å²) < 4.78 is 13.2. The minimum Gasteiger partial charge on any atom is -0.352 e. The molecule has 0 aliphatic heterocycles. The number of hydrogen-bond donors (Lipinski definition) is 2. The van der Waals surface area contributed by atoms with Crippen LogP contribution in [0.5, 0.6) is 0 Å². The van der Waals surface area contributed by atoms with Crippen LogP contribution in [0.25, 0.3) is 0 Å². The molecule has 0 saturated carbocycles. The number of nitrogens with one attached hydrogen (secondary N) is 1. The molecule has 3 nitrogen and oxygen atoms in total. The minimum absolute atomic E-state index is 0.154. The van der Waals surface area contributed by atoms with Crippen molar-refractivity contribution >= 4 is 5.91 Å². The first kappa shape index (κ1) is 12.6. The summed E-state index contributed by atoms with van der Waals surface area (Å²) in [5, 5.41) is 2.66. The van der Waals surface area contributed by atoms with Gasteiger partial charge in [0.25, 0.3) is 0 Å². The second-order valence-electron chi connectivity index (χ2n) is 3.96. The molecular formula is C12H17FN2O. The maximum atomic E-state index is 13.2. The van der Waals surface area contributed by atoms with Crippen molar-refractivity contribution in [3.05, 3.63) is 35.6 Å². The fraction of sp³-hybridized carbons (Fsp3) is 0.417. The summed E-state index contributed by atoms with van der Waals surface area (Å²) in [6, 6.07) is 6.16. The van der Waals surface area contributed by atoms with Crippen LogP contribution in [0.2, 0.25) is 0 Å². The quantitative estimate of drug-likeness (QED) is 0.812. The smallest absolute Gasteiger partial charge is 0.224 e. The predicted octanol–water partition coefficient (Wildman–Crippen LogP) is 1.43. The molecule has 1 aromatic rings. The number of hydrogen-bond acceptors (Lipinski definition) is 2. The molecule has 1 rings (SSSR count). The second-order valence-corrected chi connectivity index (χ2v) is 3.96. The third-order valence-electron chi connectivity index (χ3n) is 2.61. The van der Waals surface area contributed by atoms with Gasteiger partial charge >= 0.3 is 0 Å². The van der Waals surface area contributed by atoms with E-state index in [9.17, 15) is 9.18 Å². The Morgan fingerprint density at radius 3 is 2.62 bits per heavy atom. The Bertz CT molecular complexity index is 366. The number of carbonyl (C=O) groups is 1. The lowest BCUT2D eigenvalue weighted by molar-refractivity contribution is -0.125. The third-order valence-corrected chi connectivity index (χ3v) is 2.61. The lowest BCUT2D eigenvalue weighted by Gasteiger charge is -2.15. The first-order chi connectivity index (χ1) is 7.52. The van der Waals surface area contributed by atoms with Gasteiger partial charge < -0.3 is 11.1 Å². The van der Waals surface area contributed by atoms with Crippen molar-refractivity contribution in [2.45, 2.75) is 26.4 Å². The fourth-order valence-electron chi connectivity index (χ4n) is 1.22. The third kappa shape index (κ3) is 3.31. The maximum absolute atomic E-state index is 13.2. The van der Waals surface area contributed by atoms with E-state index < -0.39 is 0 Å². The van der Waals surface area contributed by atoms with Crippen molar-refractivity contribution in [1.82, 2.24) is 5.32 Å². The molecule has 0 saturated heterocycles. The predicted molar refractivity (Wildman–Crippen MR) is 61.1 cm³/mol. The maximum Gasteiger partial charge on any atom is 0.224 e. The zero-order chi connectivity index (χ0) is 12.1. The number of nitrogens with two attached hydrogens (primary N) is 1. The Morgan fingerprint density at radius 2 is 2.06 bits per heavy atom. The number of rotatable bonds is 4. The van der Waals surface area contributed by atoms with Crippen LogP contribution >= 0.6 is 0 Å². The Labute approximate surface area is 94.8 Å². The summed E-state index contributed by atoms with van der Waals surface area (Å²) >= 11 is 0. The van der Waals surface area contributed by atoms with Gasteiger partial charge in [-0.25, -0.2) is 4.39 Å². The van der Waals surface area contributed by atoms with Crippen LogP contribution in [0.4, 0.5) is 4.39 Å². The van der Waals surface area contributed by atoms with E-state index in [0.29, 0.717) is 5.56 Å². The average molecular weight is 224 g/mol. The molecule has 88 valence electrons. The molecule has 0 spiro atoms. The van der Waals surface area contributed by atoms with Crippen LogP contribution in [0.1, 0.15) is 19.4 Å². The summed E-state index contributed by atoms with van der Waals surface area (Å²) in [5.74, 6) is -0.735. The van der Waals surface area contributed by atoms with E-state index in [0.717, 1.165) is 0 Å². The van der Waals surface area contributed by atoms with Crippen molar-refractivity contribution in [2.75, 3.05) is 0 Å². The van der Waals surface area contributed by atoms with Crippen molar-refractivity contribution in [2.24, 2.45) is 11.7 Å². The average Bonchev–Trinajstić information content (AvgIpc) is 2.26. The summed E-state index contributed by atoms with van der Waals surface area (Å²) in [7, 11) is 0. The Balaban J connectivity index is 2.52. The Hall–Kier alpha value is -1.42. The Morgan fingerprint density at radius 1 is 1.44 bits per heavy atom. The molecule has 16 heavy (non-hydrogen) atoms. The molecule has 0 heterocycles. The van der Waals surface area contributed by atoms with Crippen LogP contribution in [0.3, 0.4) is 0 Å². The molecule has 0 bridgehead atoms. The molecule has 4 heteroatoms. The topological polar surface area (TPSA) is 55.1 Å². The van der Waals surface area contributed by atoms with E-state index in [1.807, 2.05) is 0 Å². The molecule has 3 N–H and O–H groups in total. The number of carbonyl (C=O) groups excluding carboxylic acids is 1. The molecule has 0 aliphatic carbocycles. The summed E-state index contributed by atoms with van der Waals surface area (Å²) in [5.41, 5.74) is 6.08. The first-order valence-corrected chi connectivity index (χ1v) is 5.29. The highest BCUT2D eigenvalue weighted by Gasteiger charge is 2.16. The van der Waals surface area contributed by atoms with Gasteiger partial charge in [0.2, 0.25) is 5.91 Å². The van der Waals surface area contributed by atoms with Crippen molar-refractivity contribution < 1.29 is 9.18 Å². The summed E-state index contributed by atoms with van der Waals surface area (Å²) in [4.78, 5) is 11.6. The molecule has 0 fully saturated rings. The van der Waals surface area contributed by atoms with Crippen molar-refractivity contribution in [3.63, 3.8) is 0 Å². The molecule has 1 amide bonds. The van der Waals surface area contributed by atoms with Gasteiger partial charge in [0.05, 0.1) is 0 Å². The molecule has 0 radical (unpaired) electrons. The molecule has 0 aliphatic rings. The second kappa shape index (κ2) is 5.61. The van der Waals surface area contributed by atoms with Crippen LogP contribution < -0.4 is 11.1 Å². The SMILES string of the molecule is CC(N)C(C)C(=O)NCc1ccccc1F. The van der Waals surface area contributed by atoms with Gasteiger partial charge in [-0.15, -0.1) is 0 Å². The summed E-state index contributed by atoms with van der Waals surface area (Å²) in [6.07, 6.45) is 0. The van der Waals surface area contributed by atoms with Gasteiger partial charge in [0, 0.05) is 24.1 Å².